The average Bonchev–Trinajstić information content (AvgIpc) is 3.23. The fourth-order valence-corrected chi connectivity index (χ4v) is 2.69. The van der Waals surface area contributed by atoms with E-state index in [0.717, 1.165) is 16.7 Å². The van der Waals surface area contributed by atoms with Gasteiger partial charge in [0.1, 0.15) is 0 Å². The molecule has 9 nitrogen and oxygen atoms in total. The van der Waals surface area contributed by atoms with E-state index in [-0.39, 0.29) is 18.2 Å². The molecular weight excluding hydrogens is 426 g/mol. The summed E-state index contributed by atoms with van der Waals surface area (Å²) in [6.45, 7) is 1.81. The van der Waals surface area contributed by atoms with Gasteiger partial charge in [-0.1, -0.05) is 48.0 Å². The quantitative estimate of drug-likeness (QED) is 0.289. The second kappa shape index (κ2) is 11.0. The summed E-state index contributed by atoms with van der Waals surface area (Å²) in [5, 5.41) is 4.24. The van der Waals surface area contributed by atoms with Gasteiger partial charge in [-0.15, -0.1) is 0 Å². The molecule has 0 unspecified atom stereocenters. The van der Waals surface area contributed by atoms with E-state index in [0.29, 0.717) is 11.6 Å². The molecule has 2 N–H and O–H groups in total. The maximum absolute atomic E-state index is 12.1. The van der Waals surface area contributed by atoms with Gasteiger partial charge >= 0.3 is 12.1 Å². The van der Waals surface area contributed by atoms with Gasteiger partial charge in [-0.25, -0.2) is 10.2 Å². The van der Waals surface area contributed by atoms with Gasteiger partial charge in [0, 0.05) is 11.6 Å². The van der Waals surface area contributed by atoms with Gasteiger partial charge in [-0.2, -0.15) is 0 Å². The number of rotatable bonds is 9. The topological polar surface area (TPSA) is 112 Å². The van der Waals surface area contributed by atoms with Gasteiger partial charge in [0.15, 0.2) is 0 Å². The number of benzene rings is 2. The van der Waals surface area contributed by atoms with Crippen molar-refractivity contribution in [2.45, 2.75) is 13.5 Å². The summed E-state index contributed by atoms with van der Waals surface area (Å²) < 4.78 is 19.1. The summed E-state index contributed by atoms with van der Waals surface area (Å²) in [6, 6.07) is 16.7. The highest BCUT2D eigenvalue weighted by Crippen LogP contribution is 2.23. The Labute approximate surface area is 183 Å². The first-order chi connectivity index (χ1) is 15.0. The molecule has 0 aliphatic carbocycles. The molecule has 10 heteroatoms. The summed E-state index contributed by atoms with van der Waals surface area (Å²) in [5.41, 5.74) is 8.34. The molecule has 1 aromatic heterocycles. The predicted molar refractivity (Wildman–Crippen MR) is 111 cm³/mol. The smallest absolute Gasteiger partial charge is 0.438 e. The molecule has 162 valence electrons. The number of hydrogen-bond donors (Lipinski definition) is 2. The number of amides is 1. The van der Waals surface area contributed by atoms with Gasteiger partial charge < -0.3 is 18.7 Å². The van der Waals surface area contributed by atoms with Gasteiger partial charge in [0.25, 0.3) is 5.88 Å². The zero-order chi connectivity index (χ0) is 22.1. The normalized spacial score (nSPS) is 10.4. The molecule has 0 radical (unpaired) electrons. The van der Waals surface area contributed by atoms with Crippen LogP contribution in [-0.2, 0) is 16.0 Å². The van der Waals surface area contributed by atoms with Gasteiger partial charge in [-0.05, 0) is 40.9 Å². The zero-order valence-corrected chi connectivity index (χ0v) is 17.3. The number of aromatic nitrogens is 1. The van der Waals surface area contributed by atoms with Crippen molar-refractivity contribution in [1.29, 1.82) is 0 Å². The van der Waals surface area contributed by atoms with Crippen molar-refractivity contribution in [2.24, 2.45) is 0 Å². The number of nitrogens with one attached hydrogen (secondary N) is 2. The average molecular weight is 446 g/mol. The Morgan fingerprint density at radius 1 is 1.06 bits per heavy atom. The van der Waals surface area contributed by atoms with Crippen molar-refractivity contribution in [3.05, 3.63) is 70.9 Å². The Morgan fingerprint density at radius 2 is 1.87 bits per heavy atom. The van der Waals surface area contributed by atoms with Crippen molar-refractivity contribution in [2.75, 3.05) is 13.4 Å². The highest BCUT2D eigenvalue weighted by molar-refractivity contribution is 6.30. The van der Waals surface area contributed by atoms with Crippen molar-refractivity contribution in [1.82, 2.24) is 16.0 Å². The van der Waals surface area contributed by atoms with Crippen LogP contribution >= 0.6 is 11.6 Å². The molecule has 2 aromatic carbocycles. The minimum absolute atomic E-state index is 0.00828. The number of hydrogen-bond acceptors (Lipinski definition) is 8. The standard InChI is InChI=1S/C21H20ClN3O6/c1-2-28-21(27)30-13-29-19-11-18(31-25-19)20(26)24-23-12-14-6-8-15(9-7-14)16-4-3-5-17(22)10-16/h3-11,23H,2,12-13H2,1H3,(H,24,26). The van der Waals surface area contributed by atoms with Crippen LogP contribution < -0.4 is 15.6 Å². The number of ether oxygens (including phenoxy) is 3. The third-order valence-electron chi connectivity index (χ3n) is 3.96. The number of halogens is 1. The Bertz CT molecular complexity index is 1020. The summed E-state index contributed by atoms with van der Waals surface area (Å²) in [6.07, 6.45) is -0.867. The van der Waals surface area contributed by atoms with Crippen molar-refractivity contribution in [3.63, 3.8) is 0 Å². The Hall–Kier alpha value is -3.56. The van der Waals surface area contributed by atoms with Crippen molar-refractivity contribution >= 4 is 23.7 Å². The number of hydrazine groups is 1. The molecule has 0 saturated carbocycles. The maximum Gasteiger partial charge on any atom is 0.511 e. The van der Waals surface area contributed by atoms with E-state index in [1.807, 2.05) is 48.5 Å². The molecular formula is C21H20ClN3O6. The molecule has 0 fully saturated rings. The fraction of sp³-hybridized carbons (Fsp3) is 0.190. The van der Waals surface area contributed by atoms with Crippen LogP contribution in [0.1, 0.15) is 23.0 Å². The lowest BCUT2D eigenvalue weighted by atomic mass is 10.0. The van der Waals surface area contributed by atoms with Crippen LogP contribution in [-0.4, -0.2) is 30.6 Å². The number of carbonyl (C=O) groups is 2. The van der Waals surface area contributed by atoms with E-state index in [4.69, 9.17) is 20.9 Å². The molecule has 0 saturated heterocycles. The summed E-state index contributed by atoms with van der Waals surface area (Å²) in [5.74, 6) is -0.620. The molecule has 0 spiro atoms. The Balaban J connectivity index is 1.43. The molecule has 3 rings (SSSR count). The summed E-state index contributed by atoms with van der Waals surface area (Å²) in [7, 11) is 0. The third-order valence-corrected chi connectivity index (χ3v) is 4.20. The first-order valence-electron chi connectivity index (χ1n) is 9.32. The zero-order valence-electron chi connectivity index (χ0n) is 16.6. The first kappa shape index (κ1) is 22.1. The molecule has 0 aliphatic heterocycles. The first-order valence-corrected chi connectivity index (χ1v) is 9.70. The van der Waals surface area contributed by atoms with E-state index in [2.05, 4.69) is 25.5 Å². The SMILES string of the molecule is CCOC(=O)OCOc1cc(C(=O)NNCc2ccc(-c3cccc(Cl)c3)cc2)on1. The third kappa shape index (κ3) is 6.73. The van der Waals surface area contributed by atoms with Gasteiger partial charge in [0.2, 0.25) is 12.6 Å². The molecule has 31 heavy (non-hydrogen) atoms. The Kier molecular flexibility index (Phi) is 7.85. The van der Waals surface area contributed by atoms with E-state index < -0.39 is 18.9 Å². The van der Waals surface area contributed by atoms with Crippen LogP contribution in [0.4, 0.5) is 4.79 Å². The van der Waals surface area contributed by atoms with Crippen molar-refractivity contribution in [3.8, 4) is 17.0 Å². The van der Waals surface area contributed by atoms with E-state index in [9.17, 15) is 9.59 Å². The summed E-state index contributed by atoms with van der Waals surface area (Å²) in [4.78, 5) is 23.1. The second-order valence-corrected chi connectivity index (χ2v) is 6.57. The number of carbonyl (C=O) groups excluding carboxylic acids is 2. The monoisotopic (exact) mass is 445 g/mol. The fourth-order valence-electron chi connectivity index (χ4n) is 2.50. The molecule has 3 aromatic rings. The van der Waals surface area contributed by atoms with Crippen LogP contribution in [0, 0.1) is 0 Å². The molecule has 1 amide bonds. The van der Waals surface area contributed by atoms with Gasteiger partial charge in [-0.3, -0.25) is 10.2 Å². The number of nitrogens with zero attached hydrogens (tertiary/aromatic N) is 1. The highest BCUT2D eigenvalue weighted by Gasteiger charge is 2.14. The second-order valence-electron chi connectivity index (χ2n) is 6.13. The lowest BCUT2D eigenvalue weighted by Gasteiger charge is -2.07. The highest BCUT2D eigenvalue weighted by atomic mass is 35.5. The van der Waals surface area contributed by atoms with E-state index >= 15 is 0 Å². The van der Waals surface area contributed by atoms with E-state index in [1.54, 1.807) is 6.92 Å². The molecule has 1 heterocycles. The van der Waals surface area contributed by atoms with E-state index in [1.165, 1.54) is 6.07 Å². The molecule has 0 atom stereocenters. The van der Waals surface area contributed by atoms with Crippen molar-refractivity contribution < 1.29 is 28.3 Å². The maximum atomic E-state index is 12.1. The largest absolute Gasteiger partial charge is 0.511 e. The molecule has 0 bridgehead atoms. The van der Waals surface area contributed by atoms with Crippen LogP contribution in [0.15, 0.2) is 59.1 Å². The minimum Gasteiger partial charge on any atom is -0.438 e. The predicted octanol–water partition coefficient (Wildman–Crippen LogP) is 3.94. The lowest BCUT2D eigenvalue weighted by Crippen LogP contribution is -2.36. The van der Waals surface area contributed by atoms with Crippen LogP contribution in [0.2, 0.25) is 5.02 Å². The summed E-state index contributed by atoms with van der Waals surface area (Å²) >= 11 is 6.03. The van der Waals surface area contributed by atoms with Crippen LogP contribution in [0.25, 0.3) is 11.1 Å². The lowest BCUT2D eigenvalue weighted by molar-refractivity contribution is 0.00422. The van der Waals surface area contributed by atoms with Gasteiger partial charge in [0.05, 0.1) is 12.7 Å². The molecule has 0 aliphatic rings. The van der Waals surface area contributed by atoms with Crippen LogP contribution in [0.5, 0.6) is 5.88 Å². The minimum atomic E-state index is -0.867. The Morgan fingerprint density at radius 3 is 2.61 bits per heavy atom. The van der Waals surface area contributed by atoms with Crippen LogP contribution in [0.3, 0.4) is 0 Å².